The summed E-state index contributed by atoms with van der Waals surface area (Å²) < 4.78 is 7.98. The highest BCUT2D eigenvalue weighted by atomic mass is 16.5. The van der Waals surface area contributed by atoms with Crippen LogP contribution in [0.2, 0.25) is 0 Å². The third-order valence-electron chi connectivity index (χ3n) is 4.92. The van der Waals surface area contributed by atoms with E-state index in [1.165, 1.54) is 4.90 Å². The number of benzene rings is 2. The van der Waals surface area contributed by atoms with Gasteiger partial charge in [0.05, 0.1) is 20.0 Å². The van der Waals surface area contributed by atoms with Gasteiger partial charge in [0.15, 0.2) is 0 Å². The number of hydrogen-bond acceptors (Lipinski definition) is 4. The van der Waals surface area contributed by atoms with Gasteiger partial charge in [-0.1, -0.05) is 41.4 Å². The van der Waals surface area contributed by atoms with Gasteiger partial charge in [-0.05, 0) is 11.6 Å². The Morgan fingerprint density at radius 2 is 1.96 bits per heavy atom. The summed E-state index contributed by atoms with van der Waals surface area (Å²) in [5, 5.41) is 9.88. The van der Waals surface area contributed by atoms with Crippen molar-refractivity contribution in [2.24, 2.45) is 0 Å². The quantitative estimate of drug-likeness (QED) is 0.474. The van der Waals surface area contributed by atoms with Gasteiger partial charge < -0.3 is 20.5 Å². The molecule has 4 rings (SSSR count). The maximum absolute atomic E-state index is 9.88. The number of phenolic OH excluding ortho intramolecular Hbond substituents is 1. The van der Waals surface area contributed by atoms with Crippen molar-refractivity contribution in [3.05, 3.63) is 71.5 Å². The summed E-state index contributed by atoms with van der Waals surface area (Å²) in [5.74, 6) is 1.83. The number of anilines is 1. The molecular weight excluding hydrogens is 340 g/mol. The Kier molecular flexibility index (Phi) is 4.41. The van der Waals surface area contributed by atoms with Crippen LogP contribution in [0.1, 0.15) is 22.6 Å². The van der Waals surface area contributed by atoms with Crippen LogP contribution in [-0.4, -0.2) is 30.7 Å². The lowest BCUT2D eigenvalue weighted by atomic mass is 9.83. The number of nitrogens with zero attached hydrogens (tertiary/aromatic N) is 2. The first-order valence-electron chi connectivity index (χ1n) is 9.07. The molecule has 6 nitrogen and oxygen atoms in total. The van der Waals surface area contributed by atoms with Crippen LogP contribution in [0.4, 0.5) is 5.82 Å². The summed E-state index contributed by atoms with van der Waals surface area (Å²) in [6.07, 6.45) is 1.73. The zero-order chi connectivity index (χ0) is 19.0. The maximum atomic E-state index is 9.88. The molecule has 4 N–H and O–H groups in total. The van der Waals surface area contributed by atoms with Crippen molar-refractivity contribution in [3.8, 4) is 17.4 Å². The SMILES string of the molecule is C[NH+](C)CC[n+]1cnc2c(c1N)[C@@H](c1ccccc1)c1ccc(O)cc1O2. The molecule has 0 aliphatic carbocycles. The fourth-order valence-electron chi connectivity index (χ4n) is 3.49. The second-order valence-corrected chi connectivity index (χ2v) is 7.17. The van der Waals surface area contributed by atoms with E-state index in [1.54, 1.807) is 18.5 Å². The van der Waals surface area contributed by atoms with Crippen LogP contribution in [0.3, 0.4) is 0 Å². The van der Waals surface area contributed by atoms with E-state index >= 15 is 0 Å². The highest BCUT2D eigenvalue weighted by molar-refractivity contribution is 5.62. The van der Waals surface area contributed by atoms with Crippen LogP contribution in [0.25, 0.3) is 0 Å². The highest BCUT2D eigenvalue weighted by Crippen LogP contribution is 2.48. The molecule has 0 spiro atoms. The van der Waals surface area contributed by atoms with Crippen LogP contribution < -0.4 is 19.9 Å². The molecule has 138 valence electrons. The van der Waals surface area contributed by atoms with Gasteiger partial charge in [-0.2, -0.15) is 0 Å². The second-order valence-electron chi connectivity index (χ2n) is 7.17. The van der Waals surface area contributed by atoms with Crippen molar-refractivity contribution < 1.29 is 19.3 Å². The lowest BCUT2D eigenvalue weighted by Gasteiger charge is -2.27. The van der Waals surface area contributed by atoms with Gasteiger partial charge in [-0.25, -0.2) is 4.57 Å². The van der Waals surface area contributed by atoms with Gasteiger partial charge in [-0.15, -0.1) is 0 Å². The van der Waals surface area contributed by atoms with Gasteiger partial charge >= 0.3 is 5.88 Å². The lowest BCUT2D eigenvalue weighted by Crippen LogP contribution is -3.06. The number of ether oxygens (including phenoxy) is 1. The molecule has 1 aliphatic rings. The molecule has 0 bridgehead atoms. The largest absolute Gasteiger partial charge is 0.508 e. The van der Waals surface area contributed by atoms with Crippen molar-refractivity contribution in [1.82, 2.24) is 4.98 Å². The molecule has 0 amide bonds. The molecule has 1 atom stereocenters. The summed E-state index contributed by atoms with van der Waals surface area (Å²) in [6.45, 7) is 1.72. The minimum atomic E-state index is -0.0998. The smallest absolute Gasteiger partial charge is 0.306 e. The van der Waals surface area contributed by atoms with E-state index < -0.39 is 0 Å². The molecule has 2 aromatic carbocycles. The van der Waals surface area contributed by atoms with Gasteiger partial charge in [0.2, 0.25) is 12.1 Å². The van der Waals surface area contributed by atoms with Gasteiger partial charge in [0, 0.05) is 11.6 Å². The van der Waals surface area contributed by atoms with Gasteiger partial charge in [0.25, 0.3) is 0 Å². The van der Waals surface area contributed by atoms with Crippen LogP contribution in [0.15, 0.2) is 54.9 Å². The summed E-state index contributed by atoms with van der Waals surface area (Å²) in [6, 6.07) is 15.4. The van der Waals surface area contributed by atoms with E-state index in [4.69, 9.17) is 10.5 Å². The first-order chi connectivity index (χ1) is 13.0. The number of phenols is 1. The van der Waals surface area contributed by atoms with Crippen LogP contribution in [-0.2, 0) is 6.54 Å². The molecule has 0 unspecified atom stereocenters. The number of likely N-dealkylation sites (N-methyl/N-ethyl adjacent to an activating group) is 1. The van der Waals surface area contributed by atoms with Gasteiger partial charge in [-0.3, -0.25) is 0 Å². The molecule has 0 fully saturated rings. The fourth-order valence-corrected chi connectivity index (χ4v) is 3.49. The molecule has 3 aromatic rings. The summed E-state index contributed by atoms with van der Waals surface area (Å²) >= 11 is 0. The molecule has 6 heteroatoms. The van der Waals surface area contributed by atoms with Crippen molar-refractivity contribution in [2.75, 3.05) is 26.4 Å². The van der Waals surface area contributed by atoms with E-state index in [0.717, 1.165) is 29.8 Å². The van der Waals surface area contributed by atoms with E-state index in [2.05, 4.69) is 31.2 Å². The molecular formula is C21H24N4O2+2. The molecule has 0 saturated heterocycles. The number of fused-ring (bicyclic) bond motifs is 2. The van der Waals surface area contributed by atoms with Crippen molar-refractivity contribution >= 4 is 5.82 Å². The molecule has 2 heterocycles. The minimum Gasteiger partial charge on any atom is -0.508 e. The van der Waals surface area contributed by atoms with E-state index in [0.29, 0.717) is 17.4 Å². The zero-order valence-corrected chi connectivity index (χ0v) is 15.5. The van der Waals surface area contributed by atoms with E-state index in [9.17, 15) is 5.11 Å². The van der Waals surface area contributed by atoms with E-state index in [1.807, 2.05) is 28.8 Å². The summed E-state index contributed by atoms with van der Waals surface area (Å²) in [7, 11) is 4.22. The topological polar surface area (TPSA) is 76.7 Å². The number of rotatable bonds is 4. The Labute approximate surface area is 158 Å². The molecule has 27 heavy (non-hydrogen) atoms. The number of aromatic nitrogens is 2. The third kappa shape index (κ3) is 3.19. The van der Waals surface area contributed by atoms with Crippen LogP contribution in [0, 0.1) is 0 Å². The Morgan fingerprint density at radius 1 is 1.19 bits per heavy atom. The molecule has 0 saturated carbocycles. The number of nitrogen functional groups attached to an aromatic ring is 1. The molecule has 0 radical (unpaired) electrons. The monoisotopic (exact) mass is 364 g/mol. The predicted molar refractivity (Wildman–Crippen MR) is 102 cm³/mol. The van der Waals surface area contributed by atoms with Gasteiger partial charge in [0.1, 0.15) is 30.2 Å². The van der Waals surface area contributed by atoms with Crippen molar-refractivity contribution in [1.29, 1.82) is 0 Å². The Bertz CT molecular complexity index is 973. The fraction of sp³-hybridized carbons (Fsp3) is 0.238. The van der Waals surface area contributed by atoms with E-state index in [-0.39, 0.29) is 11.7 Å². The Morgan fingerprint density at radius 3 is 2.70 bits per heavy atom. The molecule has 1 aromatic heterocycles. The van der Waals surface area contributed by atoms with Crippen LogP contribution >= 0.6 is 0 Å². The average Bonchev–Trinajstić information content (AvgIpc) is 2.66. The summed E-state index contributed by atoms with van der Waals surface area (Å²) in [5.41, 5.74) is 9.54. The Balaban J connectivity index is 1.88. The first kappa shape index (κ1) is 17.3. The van der Waals surface area contributed by atoms with Crippen molar-refractivity contribution in [3.63, 3.8) is 0 Å². The minimum absolute atomic E-state index is 0.0998. The first-order valence-corrected chi connectivity index (χ1v) is 9.07. The normalized spacial score (nSPS) is 15.1. The number of hydrogen-bond donors (Lipinski definition) is 3. The zero-order valence-electron chi connectivity index (χ0n) is 15.5. The summed E-state index contributed by atoms with van der Waals surface area (Å²) in [4.78, 5) is 5.88. The Hall–Kier alpha value is -3.12. The standard InChI is InChI=1S/C21H22N4O2/c1-24(2)10-11-25-13-23-21-19(20(25)22)18(14-6-4-3-5-7-14)16-9-8-15(26)12-17(16)27-21/h3-9,12-13,18,22,26H,10-11H2,1-2H3/p+2/t18-/m0/s1. The number of nitrogens with one attached hydrogen (secondary N) is 1. The molecule has 1 aliphatic heterocycles. The van der Waals surface area contributed by atoms with Crippen molar-refractivity contribution in [2.45, 2.75) is 12.5 Å². The average molecular weight is 364 g/mol. The number of aromatic hydroxyl groups is 1. The highest BCUT2D eigenvalue weighted by Gasteiger charge is 2.36. The lowest BCUT2D eigenvalue weighted by molar-refractivity contribution is -0.882. The predicted octanol–water partition coefficient (Wildman–Crippen LogP) is 1.09. The second kappa shape index (κ2) is 6.89. The number of nitrogens with two attached hydrogens (primary N) is 1. The third-order valence-corrected chi connectivity index (χ3v) is 4.92. The maximum Gasteiger partial charge on any atom is 0.306 e. The van der Waals surface area contributed by atoms with Crippen LogP contribution in [0.5, 0.6) is 17.4 Å². The number of quaternary nitrogens is 1.